The molecule has 0 N–H and O–H groups in total. The Kier molecular flexibility index (Phi) is 4.78. The Bertz CT molecular complexity index is 402. The Morgan fingerprint density at radius 1 is 1.41 bits per heavy atom. The summed E-state index contributed by atoms with van der Waals surface area (Å²) in [6.45, 7) is 12.3. The van der Waals surface area contributed by atoms with Crippen LogP contribution in [0.1, 0.15) is 61.9 Å². The molecule has 1 heterocycles. The number of thioether (sulfide) groups is 1. The van der Waals surface area contributed by atoms with Crippen LogP contribution in [0.4, 0.5) is 0 Å². The first-order chi connectivity index (χ1) is 7.71. The minimum Gasteiger partial charge on any atom is -0.294 e. The van der Waals surface area contributed by atoms with Crippen molar-refractivity contribution in [1.29, 1.82) is 0 Å². The number of carbonyl (C=O) groups excluding carboxylic acids is 1. The Labute approximate surface area is 112 Å². The monoisotopic (exact) mass is 271 g/mol. The van der Waals surface area contributed by atoms with Crippen molar-refractivity contribution < 1.29 is 4.79 Å². The van der Waals surface area contributed by atoms with Crippen molar-refractivity contribution in [1.82, 2.24) is 4.98 Å². The highest BCUT2D eigenvalue weighted by atomic mass is 32.2. The summed E-state index contributed by atoms with van der Waals surface area (Å²) in [7, 11) is 0. The Morgan fingerprint density at radius 2 is 2.00 bits per heavy atom. The molecule has 0 aliphatic heterocycles. The van der Waals surface area contributed by atoms with Gasteiger partial charge in [0.1, 0.15) is 5.01 Å². The van der Waals surface area contributed by atoms with Crippen molar-refractivity contribution in [3.8, 4) is 0 Å². The highest BCUT2D eigenvalue weighted by Gasteiger charge is 2.25. The van der Waals surface area contributed by atoms with Gasteiger partial charge in [0.2, 0.25) is 0 Å². The maximum absolute atomic E-state index is 11.6. The van der Waals surface area contributed by atoms with Gasteiger partial charge in [-0.1, -0.05) is 34.6 Å². The highest BCUT2D eigenvalue weighted by molar-refractivity contribution is 7.99. The van der Waals surface area contributed by atoms with Crippen molar-refractivity contribution in [3.05, 3.63) is 15.6 Å². The molecule has 0 amide bonds. The molecule has 4 heteroatoms. The van der Waals surface area contributed by atoms with Crippen LogP contribution in [-0.2, 0) is 11.2 Å². The summed E-state index contributed by atoms with van der Waals surface area (Å²) >= 11 is 3.42. The molecule has 1 aromatic heterocycles. The molecule has 1 aromatic rings. The first-order valence-electron chi connectivity index (χ1n) is 5.84. The molecule has 0 aliphatic rings. The third-order valence-electron chi connectivity index (χ3n) is 2.24. The number of aromatic nitrogens is 1. The fourth-order valence-corrected chi connectivity index (χ4v) is 3.36. The Balaban J connectivity index is 3.01. The van der Waals surface area contributed by atoms with Crippen molar-refractivity contribution >= 4 is 28.9 Å². The second kappa shape index (κ2) is 5.53. The number of nitrogens with zero attached hydrogens (tertiary/aromatic N) is 1. The summed E-state index contributed by atoms with van der Waals surface area (Å²) in [5.41, 5.74) is 0.896. The molecular formula is C13H21NOS2. The normalized spacial score (nSPS) is 12.2. The molecular weight excluding hydrogens is 250 g/mol. The lowest BCUT2D eigenvalue weighted by atomic mass is 9.91. The molecule has 0 radical (unpaired) electrons. The minimum absolute atomic E-state index is 0.0573. The standard InChI is InChI=1S/C13H21NOS2/c1-8(2)16-7-10-14-12(13(4,5)6)11(17-10)9(3)15/h8H,7H2,1-6H3. The van der Waals surface area contributed by atoms with Crippen molar-refractivity contribution in [2.75, 3.05) is 0 Å². The average molecular weight is 271 g/mol. The van der Waals surface area contributed by atoms with Crippen LogP contribution in [0.5, 0.6) is 0 Å². The summed E-state index contributed by atoms with van der Waals surface area (Å²) in [4.78, 5) is 17.1. The van der Waals surface area contributed by atoms with Crippen LogP contribution >= 0.6 is 23.1 Å². The third kappa shape index (κ3) is 4.11. The van der Waals surface area contributed by atoms with Gasteiger partial charge in [-0.2, -0.15) is 11.8 Å². The maximum Gasteiger partial charge on any atom is 0.171 e. The van der Waals surface area contributed by atoms with E-state index in [2.05, 4.69) is 39.6 Å². The SMILES string of the molecule is CC(=O)c1sc(CSC(C)C)nc1C(C)(C)C. The van der Waals surface area contributed by atoms with Gasteiger partial charge in [0.25, 0.3) is 0 Å². The zero-order valence-corrected chi connectivity index (χ0v) is 13.1. The fraction of sp³-hybridized carbons (Fsp3) is 0.692. The largest absolute Gasteiger partial charge is 0.294 e. The summed E-state index contributed by atoms with van der Waals surface area (Å²) < 4.78 is 0. The van der Waals surface area contributed by atoms with E-state index in [0.29, 0.717) is 5.25 Å². The lowest BCUT2D eigenvalue weighted by Gasteiger charge is -2.16. The van der Waals surface area contributed by atoms with E-state index >= 15 is 0 Å². The molecule has 2 nitrogen and oxygen atoms in total. The Morgan fingerprint density at radius 3 is 2.35 bits per heavy atom. The molecule has 0 saturated carbocycles. The van der Waals surface area contributed by atoms with Gasteiger partial charge in [-0.25, -0.2) is 4.98 Å². The number of Topliss-reactive ketones (excluding diaryl/α,β-unsaturated/α-hetero) is 1. The van der Waals surface area contributed by atoms with Gasteiger partial charge in [-0.3, -0.25) is 4.79 Å². The lowest BCUT2D eigenvalue weighted by molar-refractivity contribution is 0.101. The molecule has 0 saturated heterocycles. The zero-order valence-electron chi connectivity index (χ0n) is 11.5. The second-order valence-corrected chi connectivity index (χ2v) is 8.10. The molecule has 0 atom stereocenters. The van der Waals surface area contributed by atoms with Gasteiger partial charge in [0.05, 0.1) is 10.6 Å². The highest BCUT2D eigenvalue weighted by Crippen LogP contribution is 2.32. The number of ketones is 1. The molecule has 0 aliphatic carbocycles. The lowest BCUT2D eigenvalue weighted by Crippen LogP contribution is -2.15. The van der Waals surface area contributed by atoms with Gasteiger partial charge in [-0.15, -0.1) is 11.3 Å². The summed E-state index contributed by atoms with van der Waals surface area (Å²) in [6, 6.07) is 0. The van der Waals surface area contributed by atoms with Crippen LogP contribution in [-0.4, -0.2) is 16.0 Å². The molecule has 0 bridgehead atoms. The van der Waals surface area contributed by atoms with Crippen molar-refractivity contribution in [3.63, 3.8) is 0 Å². The zero-order chi connectivity index (χ0) is 13.2. The first-order valence-corrected chi connectivity index (χ1v) is 7.71. The maximum atomic E-state index is 11.6. The van der Waals surface area contributed by atoms with Crippen molar-refractivity contribution in [2.45, 2.75) is 58.0 Å². The first kappa shape index (κ1) is 14.7. The number of rotatable bonds is 4. The van der Waals surface area contributed by atoms with E-state index in [1.165, 1.54) is 0 Å². The summed E-state index contributed by atoms with van der Waals surface area (Å²) in [5, 5.41) is 1.66. The molecule has 0 fully saturated rings. The molecule has 0 aromatic carbocycles. The topological polar surface area (TPSA) is 30.0 Å². The molecule has 96 valence electrons. The van der Waals surface area contributed by atoms with Crippen LogP contribution < -0.4 is 0 Å². The fourth-order valence-electron chi connectivity index (χ4n) is 1.41. The smallest absolute Gasteiger partial charge is 0.171 e. The third-order valence-corrected chi connectivity index (χ3v) is 4.69. The number of carbonyl (C=O) groups is 1. The van der Waals surface area contributed by atoms with Gasteiger partial charge < -0.3 is 0 Å². The molecule has 17 heavy (non-hydrogen) atoms. The van der Waals surface area contributed by atoms with Gasteiger partial charge in [0, 0.05) is 18.1 Å². The van der Waals surface area contributed by atoms with E-state index in [0.717, 1.165) is 21.3 Å². The minimum atomic E-state index is -0.0573. The van der Waals surface area contributed by atoms with E-state index in [1.807, 2.05) is 11.8 Å². The predicted octanol–water partition coefficient (Wildman–Crippen LogP) is 4.28. The predicted molar refractivity (Wildman–Crippen MR) is 77.2 cm³/mol. The molecule has 1 rings (SSSR count). The second-order valence-electron chi connectivity index (χ2n) is 5.45. The van der Waals surface area contributed by atoms with Crippen LogP contribution in [0, 0.1) is 0 Å². The van der Waals surface area contributed by atoms with E-state index in [1.54, 1.807) is 18.3 Å². The van der Waals surface area contributed by atoms with Crippen LogP contribution in [0.2, 0.25) is 0 Å². The van der Waals surface area contributed by atoms with Gasteiger partial charge in [-0.05, 0) is 5.25 Å². The van der Waals surface area contributed by atoms with Gasteiger partial charge in [0.15, 0.2) is 5.78 Å². The van der Waals surface area contributed by atoms with E-state index < -0.39 is 0 Å². The van der Waals surface area contributed by atoms with E-state index in [-0.39, 0.29) is 11.2 Å². The summed E-state index contributed by atoms with van der Waals surface area (Å²) in [5.74, 6) is 1.03. The number of thiazole rings is 1. The molecule has 0 spiro atoms. The average Bonchev–Trinajstić information content (AvgIpc) is 2.57. The van der Waals surface area contributed by atoms with Gasteiger partial charge >= 0.3 is 0 Å². The van der Waals surface area contributed by atoms with Crippen LogP contribution in [0.3, 0.4) is 0 Å². The van der Waals surface area contributed by atoms with E-state index in [4.69, 9.17) is 0 Å². The van der Waals surface area contributed by atoms with E-state index in [9.17, 15) is 4.79 Å². The summed E-state index contributed by atoms with van der Waals surface area (Å²) in [6.07, 6.45) is 0. The number of hydrogen-bond donors (Lipinski definition) is 0. The Hall–Kier alpha value is -0.350. The van der Waals surface area contributed by atoms with Crippen LogP contribution in [0.15, 0.2) is 0 Å². The quantitative estimate of drug-likeness (QED) is 0.765. The number of hydrogen-bond acceptors (Lipinski definition) is 4. The molecule has 0 unspecified atom stereocenters. The van der Waals surface area contributed by atoms with Crippen molar-refractivity contribution in [2.24, 2.45) is 0 Å². The van der Waals surface area contributed by atoms with Crippen LogP contribution in [0.25, 0.3) is 0 Å².